The maximum absolute atomic E-state index is 12.2. The molecule has 0 unspecified atom stereocenters. The van der Waals surface area contributed by atoms with Gasteiger partial charge in [-0.05, 0) is 42.8 Å². The number of ether oxygens (including phenoxy) is 1. The number of nitrogens with zero attached hydrogens (tertiary/aromatic N) is 1. The molecule has 5 nitrogen and oxygen atoms in total. The standard InChI is InChI=1S/C15H14ClNO4/c1-3-17-12(6-5-10(14(17)18)15(19)20)9-4-7-13(21-2)11(16)8-9/h4-8H,3H2,1-2H3,(H,19,20). The fraction of sp³-hybridized carbons (Fsp3) is 0.200. The molecule has 2 rings (SSSR count). The molecule has 6 heteroatoms. The Bertz CT molecular complexity index is 752. The van der Waals surface area contributed by atoms with E-state index in [-0.39, 0.29) is 5.56 Å². The lowest BCUT2D eigenvalue weighted by Crippen LogP contribution is -2.26. The summed E-state index contributed by atoms with van der Waals surface area (Å²) in [6.45, 7) is 2.14. The maximum Gasteiger partial charge on any atom is 0.341 e. The molecule has 0 aliphatic carbocycles. The molecule has 2 aromatic rings. The first-order valence-corrected chi connectivity index (χ1v) is 6.68. The number of hydrogen-bond donors (Lipinski definition) is 1. The van der Waals surface area contributed by atoms with Gasteiger partial charge in [0.1, 0.15) is 11.3 Å². The van der Waals surface area contributed by atoms with Crippen molar-refractivity contribution in [3.8, 4) is 17.0 Å². The Kier molecular flexibility index (Phi) is 4.33. The second-order valence-corrected chi connectivity index (χ2v) is 4.74. The second-order valence-electron chi connectivity index (χ2n) is 4.34. The summed E-state index contributed by atoms with van der Waals surface area (Å²) >= 11 is 6.09. The molecule has 0 saturated carbocycles. The van der Waals surface area contributed by atoms with Gasteiger partial charge in [-0.2, -0.15) is 0 Å². The molecule has 1 N–H and O–H groups in total. The van der Waals surface area contributed by atoms with Crippen LogP contribution in [0.3, 0.4) is 0 Å². The predicted octanol–water partition coefficient (Wildman–Crippen LogP) is 2.90. The Morgan fingerprint density at radius 1 is 1.33 bits per heavy atom. The normalized spacial score (nSPS) is 10.4. The minimum Gasteiger partial charge on any atom is -0.495 e. The number of carboxylic acid groups (broad SMARTS) is 1. The Labute approximate surface area is 126 Å². The minimum atomic E-state index is -1.23. The third-order valence-electron chi connectivity index (χ3n) is 3.17. The fourth-order valence-electron chi connectivity index (χ4n) is 2.13. The van der Waals surface area contributed by atoms with Crippen molar-refractivity contribution in [1.82, 2.24) is 4.57 Å². The van der Waals surface area contributed by atoms with Crippen LogP contribution in [0.4, 0.5) is 0 Å². The zero-order valence-corrected chi connectivity index (χ0v) is 12.3. The van der Waals surface area contributed by atoms with Gasteiger partial charge in [0.15, 0.2) is 0 Å². The second kappa shape index (κ2) is 6.01. The van der Waals surface area contributed by atoms with E-state index in [0.29, 0.717) is 23.0 Å². The SMILES string of the molecule is CCn1c(-c2ccc(OC)c(Cl)c2)ccc(C(=O)O)c1=O. The average molecular weight is 308 g/mol. The molecule has 1 aromatic heterocycles. The van der Waals surface area contributed by atoms with Crippen LogP contribution >= 0.6 is 11.6 Å². The number of aromatic nitrogens is 1. The van der Waals surface area contributed by atoms with Crippen molar-refractivity contribution in [1.29, 1.82) is 0 Å². The molecule has 0 aliphatic heterocycles. The molecule has 1 heterocycles. The van der Waals surface area contributed by atoms with Crippen LogP contribution in [0.2, 0.25) is 5.02 Å². The Hall–Kier alpha value is -2.27. The molecule has 0 amide bonds. The van der Waals surface area contributed by atoms with E-state index in [1.165, 1.54) is 17.7 Å². The van der Waals surface area contributed by atoms with Gasteiger partial charge in [0, 0.05) is 6.54 Å². The van der Waals surface area contributed by atoms with Gasteiger partial charge in [0.25, 0.3) is 5.56 Å². The molecule has 0 aliphatic rings. The Morgan fingerprint density at radius 3 is 2.57 bits per heavy atom. The lowest BCUT2D eigenvalue weighted by atomic mass is 10.1. The molecule has 0 spiro atoms. The Morgan fingerprint density at radius 2 is 2.05 bits per heavy atom. The molecule has 0 saturated heterocycles. The van der Waals surface area contributed by atoms with E-state index in [0.717, 1.165) is 5.56 Å². The smallest absolute Gasteiger partial charge is 0.341 e. The molecular formula is C15H14ClNO4. The maximum atomic E-state index is 12.2. The number of methoxy groups -OCH3 is 1. The van der Waals surface area contributed by atoms with Crippen molar-refractivity contribution in [3.63, 3.8) is 0 Å². The third kappa shape index (κ3) is 2.78. The van der Waals surface area contributed by atoms with E-state index in [2.05, 4.69) is 0 Å². The first kappa shape index (κ1) is 15.1. The molecule has 1 aromatic carbocycles. The van der Waals surface area contributed by atoms with Gasteiger partial charge in [0.05, 0.1) is 17.8 Å². The van der Waals surface area contributed by atoms with Gasteiger partial charge in [-0.15, -0.1) is 0 Å². The van der Waals surface area contributed by atoms with Gasteiger partial charge < -0.3 is 14.4 Å². The molecule has 110 valence electrons. The predicted molar refractivity (Wildman–Crippen MR) is 80.3 cm³/mol. The molecule has 0 fully saturated rings. The van der Waals surface area contributed by atoms with E-state index < -0.39 is 11.5 Å². The van der Waals surface area contributed by atoms with E-state index in [4.69, 9.17) is 21.4 Å². The number of carbonyl (C=O) groups is 1. The number of aromatic carboxylic acids is 1. The van der Waals surface area contributed by atoms with Crippen molar-refractivity contribution < 1.29 is 14.6 Å². The number of benzene rings is 1. The highest BCUT2D eigenvalue weighted by Crippen LogP contribution is 2.29. The van der Waals surface area contributed by atoms with Crippen LogP contribution in [0, 0.1) is 0 Å². The van der Waals surface area contributed by atoms with Crippen LogP contribution in [-0.2, 0) is 6.54 Å². The van der Waals surface area contributed by atoms with E-state index >= 15 is 0 Å². The number of rotatable bonds is 4. The third-order valence-corrected chi connectivity index (χ3v) is 3.46. The number of carboxylic acids is 1. The molecule has 0 bridgehead atoms. The van der Waals surface area contributed by atoms with Crippen LogP contribution in [0.5, 0.6) is 5.75 Å². The van der Waals surface area contributed by atoms with Crippen LogP contribution in [0.15, 0.2) is 35.1 Å². The molecule has 21 heavy (non-hydrogen) atoms. The minimum absolute atomic E-state index is 0.250. The monoisotopic (exact) mass is 307 g/mol. The summed E-state index contributed by atoms with van der Waals surface area (Å²) in [4.78, 5) is 23.2. The first-order valence-electron chi connectivity index (χ1n) is 6.30. The first-order chi connectivity index (χ1) is 9.99. The largest absolute Gasteiger partial charge is 0.495 e. The van der Waals surface area contributed by atoms with E-state index in [1.807, 2.05) is 0 Å². The van der Waals surface area contributed by atoms with Gasteiger partial charge >= 0.3 is 5.97 Å². The van der Waals surface area contributed by atoms with E-state index in [9.17, 15) is 9.59 Å². The number of halogens is 1. The average Bonchev–Trinajstić information content (AvgIpc) is 2.46. The van der Waals surface area contributed by atoms with Crippen LogP contribution in [-0.4, -0.2) is 22.8 Å². The summed E-state index contributed by atoms with van der Waals surface area (Å²) in [5.41, 5.74) is 0.545. The van der Waals surface area contributed by atoms with Gasteiger partial charge in [-0.25, -0.2) is 4.79 Å². The number of hydrogen-bond acceptors (Lipinski definition) is 3. The highest BCUT2D eigenvalue weighted by Gasteiger charge is 2.14. The topological polar surface area (TPSA) is 68.5 Å². The van der Waals surface area contributed by atoms with Crippen molar-refractivity contribution in [2.45, 2.75) is 13.5 Å². The highest BCUT2D eigenvalue weighted by molar-refractivity contribution is 6.32. The molecule has 0 atom stereocenters. The summed E-state index contributed by atoms with van der Waals surface area (Å²) in [5, 5.41) is 9.43. The lowest BCUT2D eigenvalue weighted by Gasteiger charge is -2.13. The zero-order chi connectivity index (χ0) is 15.6. The van der Waals surface area contributed by atoms with E-state index in [1.54, 1.807) is 31.2 Å². The summed E-state index contributed by atoms with van der Waals surface area (Å²) < 4.78 is 6.49. The molecular weight excluding hydrogens is 294 g/mol. The summed E-state index contributed by atoms with van der Waals surface area (Å²) in [7, 11) is 1.52. The van der Waals surface area contributed by atoms with Crippen molar-refractivity contribution in [2.24, 2.45) is 0 Å². The van der Waals surface area contributed by atoms with Crippen molar-refractivity contribution >= 4 is 17.6 Å². The zero-order valence-electron chi connectivity index (χ0n) is 11.6. The van der Waals surface area contributed by atoms with Gasteiger partial charge in [-0.1, -0.05) is 11.6 Å². The van der Waals surface area contributed by atoms with Crippen LogP contribution in [0.1, 0.15) is 17.3 Å². The van der Waals surface area contributed by atoms with Gasteiger partial charge in [0.2, 0.25) is 0 Å². The quantitative estimate of drug-likeness (QED) is 0.943. The van der Waals surface area contributed by atoms with Crippen molar-refractivity contribution in [3.05, 3.63) is 51.3 Å². The fourth-order valence-corrected chi connectivity index (χ4v) is 2.39. The number of pyridine rings is 1. The lowest BCUT2D eigenvalue weighted by molar-refractivity contribution is 0.0694. The van der Waals surface area contributed by atoms with Crippen molar-refractivity contribution in [2.75, 3.05) is 7.11 Å². The summed E-state index contributed by atoms with van der Waals surface area (Å²) in [6, 6.07) is 8.07. The van der Waals surface area contributed by atoms with Crippen LogP contribution < -0.4 is 10.3 Å². The van der Waals surface area contributed by atoms with Crippen LogP contribution in [0.25, 0.3) is 11.3 Å². The molecule has 0 radical (unpaired) electrons. The highest BCUT2D eigenvalue weighted by atomic mass is 35.5. The Balaban J connectivity index is 2.64. The summed E-state index contributed by atoms with van der Waals surface area (Å²) in [5.74, 6) is -0.700. The van der Waals surface area contributed by atoms with Gasteiger partial charge in [-0.3, -0.25) is 4.79 Å². The summed E-state index contributed by atoms with van der Waals surface area (Å²) in [6.07, 6.45) is 0.